The smallest absolute Gasteiger partial charge is 0.250 e. The molecule has 3 N–H and O–H groups in total. The Labute approximate surface area is 222 Å². The predicted octanol–water partition coefficient (Wildman–Crippen LogP) is 2.94. The fourth-order valence-corrected chi connectivity index (χ4v) is 6.51. The molecule has 2 saturated heterocycles. The van der Waals surface area contributed by atoms with Gasteiger partial charge in [0.1, 0.15) is 11.3 Å². The number of nitrogens with zero attached hydrogens (tertiary/aromatic N) is 1. The van der Waals surface area contributed by atoms with Gasteiger partial charge in [-0.15, -0.1) is 0 Å². The Hall–Kier alpha value is -4.08. The van der Waals surface area contributed by atoms with Crippen LogP contribution in [0.25, 0.3) is 0 Å². The maximum atomic E-state index is 14.0. The second-order valence-electron chi connectivity index (χ2n) is 10.00. The second kappa shape index (κ2) is 8.21. The first-order valence-corrected chi connectivity index (χ1v) is 12.6. The minimum atomic E-state index is -1.44. The molecule has 3 aromatic carbocycles. The van der Waals surface area contributed by atoms with Crippen LogP contribution in [0.1, 0.15) is 16.7 Å². The van der Waals surface area contributed by atoms with Gasteiger partial charge in [0.05, 0.1) is 29.1 Å². The molecule has 10 heteroatoms. The number of carbonyl (C=O) groups is 3. The van der Waals surface area contributed by atoms with E-state index in [0.29, 0.717) is 39.8 Å². The van der Waals surface area contributed by atoms with Gasteiger partial charge >= 0.3 is 0 Å². The van der Waals surface area contributed by atoms with Crippen LogP contribution in [0, 0.1) is 11.8 Å². The van der Waals surface area contributed by atoms with Crippen molar-refractivity contribution >= 4 is 35.0 Å². The van der Waals surface area contributed by atoms with Gasteiger partial charge in [0, 0.05) is 11.6 Å². The van der Waals surface area contributed by atoms with Crippen LogP contribution in [-0.4, -0.2) is 40.6 Å². The fourth-order valence-electron chi connectivity index (χ4n) is 6.29. The number of hydrogen-bond donors (Lipinski definition) is 3. The van der Waals surface area contributed by atoms with Gasteiger partial charge in [-0.3, -0.25) is 24.6 Å². The molecule has 4 aliphatic rings. The maximum absolute atomic E-state index is 14.0. The molecule has 0 saturated carbocycles. The summed E-state index contributed by atoms with van der Waals surface area (Å²) >= 11 is 6.42. The highest BCUT2D eigenvalue weighted by atomic mass is 35.5. The number of anilines is 1. The number of fused-ring (bicyclic) bond motifs is 5. The number of amides is 3. The average Bonchev–Trinajstić information content (AvgIpc) is 3.63. The molecule has 38 heavy (non-hydrogen) atoms. The Bertz CT molecular complexity index is 1530. The van der Waals surface area contributed by atoms with Gasteiger partial charge < -0.3 is 19.9 Å². The normalized spacial score (nSPS) is 26.7. The lowest BCUT2D eigenvalue weighted by Gasteiger charge is -2.29. The monoisotopic (exact) mass is 531 g/mol. The van der Waals surface area contributed by atoms with Crippen molar-refractivity contribution in [2.24, 2.45) is 11.8 Å². The zero-order valence-corrected chi connectivity index (χ0v) is 20.7. The summed E-state index contributed by atoms with van der Waals surface area (Å²) in [7, 11) is 0. The summed E-state index contributed by atoms with van der Waals surface area (Å²) in [4.78, 5) is 42.9. The number of hydrogen-bond acceptors (Lipinski definition) is 7. The predicted molar refractivity (Wildman–Crippen MR) is 136 cm³/mol. The van der Waals surface area contributed by atoms with Crippen LogP contribution in [-0.2, 0) is 32.9 Å². The Morgan fingerprint density at radius 2 is 1.74 bits per heavy atom. The number of ether oxygens (including phenoxy) is 2. The van der Waals surface area contributed by atoms with Crippen LogP contribution in [0.3, 0.4) is 0 Å². The number of benzene rings is 3. The number of rotatable bonds is 4. The second-order valence-corrected chi connectivity index (χ2v) is 10.4. The Morgan fingerprint density at radius 3 is 2.55 bits per heavy atom. The molecule has 4 heterocycles. The van der Waals surface area contributed by atoms with Crippen molar-refractivity contribution in [2.75, 3.05) is 12.1 Å². The van der Waals surface area contributed by atoms with Crippen molar-refractivity contribution < 1.29 is 29.0 Å². The highest BCUT2D eigenvalue weighted by Crippen LogP contribution is 2.54. The van der Waals surface area contributed by atoms with Crippen molar-refractivity contribution in [1.82, 2.24) is 10.2 Å². The lowest BCUT2D eigenvalue weighted by molar-refractivity contribution is -0.143. The summed E-state index contributed by atoms with van der Waals surface area (Å²) in [5.41, 5.74) is 1.14. The van der Waals surface area contributed by atoms with Crippen molar-refractivity contribution in [3.63, 3.8) is 0 Å². The molecule has 0 aromatic heterocycles. The molecular weight excluding hydrogens is 510 g/mol. The van der Waals surface area contributed by atoms with E-state index in [1.165, 1.54) is 4.90 Å². The summed E-state index contributed by atoms with van der Waals surface area (Å²) in [5.74, 6) is -1.60. The molecule has 2 fully saturated rings. The highest BCUT2D eigenvalue weighted by molar-refractivity contribution is 6.35. The minimum absolute atomic E-state index is 0.0489. The van der Waals surface area contributed by atoms with E-state index in [2.05, 4.69) is 10.6 Å². The van der Waals surface area contributed by atoms with E-state index in [4.69, 9.17) is 21.1 Å². The van der Waals surface area contributed by atoms with Crippen molar-refractivity contribution in [3.05, 3.63) is 82.4 Å². The standard InChI is InChI=1S/C28H22ClN3O6/c29-18-3-1-2-17-24(18)30-27(36)28(17)23-22(19(31-28)10-14-4-7-16(33)8-5-14)25(34)32(26(23)35)12-15-6-9-20-21(11-15)38-13-37-20/h1-9,11,19,22-23,31,33H,10,12-13H2,(H,30,36)/t19-,22-,23-,28+/m1/s1. The third-order valence-electron chi connectivity index (χ3n) is 7.96. The first-order chi connectivity index (χ1) is 18.4. The van der Waals surface area contributed by atoms with E-state index in [1.807, 2.05) is 0 Å². The van der Waals surface area contributed by atoms with E-state index in [-0.39, 0.29) is 25.0 Å². The third kappa shape index (κ3) is 3.18. The van der Waals surface area contributed by atoms with Crippen molar-refractivity contribution in [1.29, 1.82) is 0 Å². The summed E-state index contributed by atoms with van der Waals surface area (Å²) in [6, 6.07) is 16.6. The lowest BCUT2D eigenvalue weighted by atomic mass is 9.76. The number of para-hydroxylation sites is 1. The van der Waals surface area contributed by atoms with Crippen LogP contribution >= 0.6 is 11.6 Å². The average molecular weight is 532 g/mol. The Morgan fingerprint density at radius 1 is 0.974 bits per heavy atom. The number of phenolic OH excluding ortho intramolecular Hbond substituents is 1. The number of carbonyl (C=O) groups excluding carboxylic acids is 3. The largest absolute Gasteiger partial charge is 0.508 e. The van der Waals surface area contributed by atoms with Gasteiger partial charge in [0.15, 0.2) is 11.5 Å². The number of likely N-dealkylation sites (tertiary alicyclic amines) is 1. The van der Waals surface area contributed by atoms with Crippen molar-refractivity contribution in [2.45, 2.75) is 24.5 Å². The van der Waals surface area contributed by atoms with Gasteiger partial charge in [-0.05, 0) is 47.9 Å². The molecular formula is C28H22ClN3O6. The molecule has 3 amide bonds. The summed E-state index contributed by atoms with van der Waals surface area (Å²) < 4.78 is 10.8. The molecule has 4 atom stereocenters. The van der Waals surface area contributed by atoms with Gasteiger partial charge in [-0.25, -0.2) is 0 Å². The number of phenols is 1. The first-order valence-electron chi connectivity index (χ1n) is 12.3. The number of aromatic hydroxyl groups is 1. The van der Waals surface area contributed by atoms with Gasteiger partial charge in [-0.1, -0.05) is 41.9 Å². The van der Waals surface area contributed by atoms with Crippen LogP contribution in [0.4, 0.5) is 5.69 Å². The van der Waals surface area contributed by atoms with Gasteiger partial charge in [0.2, 0.25) is 24.5 Å². The quantitative estimate of drug-likeness (QED) is 0.443. The van der Waals surface area contributed by atoms with Crippen LogP contribution in [0.15, 0.2) is 60.7 Å². The molecule has 7 rings (SSSR count). The fraction of sp³-hybridized carbons (Fsp3) is 0.250. The first kappa shape index (κ1) is 23.1. The molecule has 3 aromatic rings. The molecule has 0 bridgehead atoms. The molecule has 192 valence electrons. The van der Waals surface area contributed by atoms with Crippen LogP contribution in [0.2, 0.25) is 5.02 Å². The zero-order valence-electron chi connectivity index (χ0n) is 19.9. The molecule has 0 aliphatic carbocycles. The lowest BCUT2D eigenvalue weighted by Crippen LogP contribution is -2.53. The summed E-state index contributed by atoms with van der Waals surface area (Å²) in [5, 5.41) is 16.3. The number of nitrogens with one attached hydrogen (secondary N) is 2. The SMILES string of the molecule is O=C1[C@@H]2[C@@H](Cc3ccc(O)cc3)N[C@]3(C(=O)Nc4c(Cl)cccc43)[C@H]2C(=O)N1Cc1ccc2c(c1)OCO2. The van der Waals surface area contributed by atoms with Gasteiger partial charge in [-0.2, -0.15) is 0 Å². The summed E-state index contributed by atoms with van der Waals surface area (Å²) in [6.07, 6.45) is 0.378. The van der Waals surface area contributed by atoms with E-state index >= 15 is 0 Å². The molecule has 0 radical (unpaired) electrons. The highest BCUT2D eigenvalue weighted by Gasteiger charge is 2.70. The molecule has 0 unspecified atom stereocenters. The Kier molecular flexibility index (Phi) is 4.98. The molecule has 4 aliphatic heterocycles. The van der Waals surface area contributed by atoms with Gasteiger partial charge in [0.25, 0.3) is 0 Å². The van der Waals surface area contributed by atoms with E-state index in [1.54, 1.807) is 60.7 Å². The topological polar surface area (TPSA) is 117 Å². The molecule has 9 nitrogen and oxygen atoms in total. The van der Waals surface area contributed by atoms with E-state index in [9.17, 15) is 19.5 Å². The van der Waals surface area contributed by atoms with Crippen molar-refractivity contribution in [3.8, 4) is 17.2 Å². The maximum Gasteiger partial charge on any atom is 0.250 e. The molecule has 1 spiro atoms. The number of imide groups is 1. The Balaban J connectivity index is 1.30. The minimum Gasteiger partial charge on any atom is -0.508 e. The number of halogens is 1. The van der Waals surface area contributed by atoms with Crippen LogP contribution < -0.4 is 20.1 Å². The zero-order chi connectivity index (χ0) is 26.2. The van der Waals surface area contributed by atoms with E-state index in [0.717, 1.165) is 5.56 Å². The van der Waals surface area contributed by atoms with Crippen LogP contribution in [0.5, 0.6) is 17.2 Å². The van der Waals surface area contributed by atoms with E-state index < -0.39 is 35.2 Å². The third-order valence-corrected chi connectivity index (χ3v) is 8.28. The summed E-state index contributed by atoms with van der Waals surface area (Å²) in [6.45, 7) is 0.169.